The predicted molar refractivity (Wildman–Crippen MR) is 74.3 cm³/mol. The third-order valence-electron chi connectivity index (χ3n) is 3.18. The third-order valence-corrected chi connectivity index (χ3v) is 3.67. The summed E-state index contributed by atoms with van der Waals surface area (Å²) in [5.41, 5.74) is 7.37. The Labute approximate surface area is 114 Å². The molecule has 0 bridgehead atoms. The van der Waals surface area contributed by atoms with Gasteiger partial charge in [-0.05, 0) is 24.6 Å². The molecule has 1 unspecified atom stereocenters. The third kappa shape index (κ3) is 2.59. The Kier molecular flexibility index (Phi) is 4.08. The van der Waals surface area contributed by atoms with Crippen molar-refractivity contribution in [1.82, 2.24) is 0 Å². The van der Waals surface area contributed by atoms with E-state index in [9.17, 15) is 0 Å². The summed E-state index contributed by atoms with van der Waals surface area (Å²) in [7, 11) is 2.00. The van der Waals surface area contributed by atoms with Crippen molar-refractivity contribution in [2.45, 2.75) is 12.5 Å². The molecule has 1 aromatic rings. The maximum atomic E-state index is 8.86. The first-order valence-electron chi connectivity index (χ1n) is 5.71. The van der Waals surface area contributed by atoms with Gasteiger partial charge in [-0.15, -0.1) is 0 Å². The first-order valence-corrected chi connectivity index (χ1v) is 6.51. The van der Waals surface area contributed by atoms with Crippen LogP contribution in [0.2, 0.25) is 0 Å². The van der Waals surface area contributed by atoms with Crippen LogP contribution in [0.5, 0.6) is 0 Å². The molecule has 0 spiro atoms. The van der Waals surface area contributed by atoms with Crippen LogP contribution in [-0.2, 0) is 4.74 Å². The number of anilines is 1. The lowest BCUT2D eigenvalue weighted by atomic mass is 10.1. The molecule has 1 aliphatic rings. The summed E-state index contributed by atoms with van der Waals surface area (Å²) in [6.07, 6.45) is 0.988. The molecular weight excluding hydrogens is 298 g/mol. The summed E-state index contributed by atoms with van der Waals surface area (Å²) >= 11 is 3.39. The molecule has 0 radical (unpaired) electrons. The lowest BCUT2D eigenvalue weighted by Crippen LogP contribution is -2.33. The number of rotatable bonds is 3. The molecule has 98 valence electrons. The largest absolute Gasteiger partial charge is 0.409 e. The molecule has 0 aromatic heterocycles. The van der Waals surface area contributed by atoms with E-state index in [1.165, 1.54) is 0 Å². The Morgan fingerprint density at radius 2 is 2.39 bits per heavy atom. The first kappa shape index (κ1) is 13.2. The van der Waals surface area contributed by atoms with Crippen molar-refractivity contribution >= 4 is 27.5 Å². The summed E-state index contributed by atoms with van der Waals surface area (Å²) in [6, 6.07) is 6.07. The zero-order valence-electron chi connectivity index (χ0n) is 10.1. The smallest absolute Gasteiger partial charge is 0.172 e. The highest BCUT2D eigenvalue weighted by molar-refractivity contribution is 9.10. The Hall–Kier alpha value is -1.27. The van der Waals surface area contributed by atoms with Gasteiger partial charge in [0, 0.05) is 29.4 Å². The summed E-state index contributed by atoms with van der Waals surface area (Å²) in [5, 5.41) is 11.9. The van der Waals surface area contributed by atoms with Gasteiger partial charge in [0.2, 0.25) is 0 Å². The van der Waals surface area contributed by atoms with Crippen LogP contribution in [-0.4, -0.2) is 37.3 Å². The van der Waals surface area contributed by atoms with E-state index in [1.807, 2.05) is 25.2 Å². The van der Waals surface area contributed by atoms with E-state index >= 15 is 0 Å². The fraction of sp³-hybridized carbons (Fsp3) is 0.417. The van der Waals surface area contributed by atoms with Gasteiger partial charge in [-0.3, -0.25) is 0 Å². The van der Waals surface area contributed by atoms with E-state index in [0.29, 0.717) is 18.2 Å². The van der Waals surface area contributed by atoms with Crippen molar-refractivity contribution in [3.8, 4) is 0 Å². The number of hydrogen-bond acceptors (Lipinski definition) is 4. The van der Waals surface area contributed by atoms with Crippen LogP contribution in [0.25, 0.3) is 0 Å². The highest BCUT2D eigenvalue weighted by atomic mass is 79.9. The van der Waals surface area contributed by atoms with Crippen LogP contribution in [0.3, 0.4) is 0 Å². The molecule has 0 aliphatic carbocycles. The van der Waals surface area contributed by atoms with Crippen molar-refractivity contribution in [3.05, 3.63) is 28.2 Å². The molecule has 3 N–H and O–H groups in total. The molecule has 1 aliphatic heterocycles. The van der Waals surface area contributed by atoms with Gasteiger partial charge < -0.3 is 20.6 Å². The van der Waals surface area contributed by atoms with Gasteiger partial charge in [-0.2, -0.15) is 0 Å². The highest BCUT2D eigenvalue weighted by Gasteiger charge is 2.23. The Morgan fingerprint density at radius 1 is 1.61 bits per heavy atom. The van der Waals surface area contributed by atoms with Crippen LogP contribution in [0.4, 0.5) is 5.69 Å². The fourth-order valence-electron chi connectivity index (χ4n) is 2.10. The maximum absolute atomic E-state index is 8.86. The Balaban J connectivity index is 2.36. The van der Waals surface area contributed by atoms with Gasteiger partial charge in [0.15, 0.2) is 5.84 Å². The lowest BCUT2D eigenvalue weighted by Gasteiger charge is -2.27. The molecule has 2 rings (SSSR count). The SMILES string of the molecule is CN(c1ccc(Br)cc1/C(N)=N/O)C1CCOC1. The number of hydrogen-bond donors (Lipinski definition) is 2. The molecule has 1 heterocycles. The van der Waals surface area contributed by atoms with Crippen molar-refractivity contribution in [3.63, 3.8) is 0 Å². The quantitative estimate of drug-likeness (QED) is 0.386. The topological polar surface area (TPSA) is 71.1 Å². The predicted octanol–water partition coefficient (Wildman–Crippen LogP) is 1.77. The molecule has 0 saturated carbocycles. The van der Waals surface area contributed by atoms with Gasteiger partial charge in [-0.1, -0.05) is 21.1 Å². The number of likely N-dealkylation sites (N-methyl/N-ethyl adjacent to an activating group) is 1. The number of nitrogens with zero attached hydrogens (tertiary/aromatic N) is 2. The van der Waals surface area contributed by atoms with Gasteiger partial charge in [0.05, 0.1) is 12.6 Å². The molecule has 1 saturated heterocycles. The molecule has 18 heavy (non-hydrogen) atoms. The number of ether oxygens (including phenoxy) is 1. The first-order chi connectivity index (χ1) is 8.63. The molecule has 6 heteroatoms. The van der Waals surface area contributed by atoms with Crippen LogP contribution in [0.15, 0.2) is 27.8 Å². The second-order valence-electron chi connectivity index (χ2n) is 4.28. The standard InChI is InChI=1S/C12H16BrN3O2/c1-16(9-4-5-18-7-9)11-3-2-8(13)6-10(11)12(14)15-17/h2-3,6,9,17H,4-5,7H2,1H3,(H2,14,15). The van der Waals surface area contributed by atoms with E-state index in [4.69, 9.17) is 15.7 Å². The average Bonchev–Trinajstić information content (AvgIpc) is 2.90. The van der Waals surface area contributed by atoms with E-state index in [1.54, 1.807) is 0 Å². The maximum Gasteiger partial charge on any atom is 0.172 e. The number of oxime groups is 1. The van der Waals surface area contributed by atoms with Crippen LogP contribution in [0.1, 0.15) is 12.0 Å². The zero-order valence-corrected chi connectivity index (χ0v) is 11.7. The van der Waals surface area contributed by atoms with Crippen molar-refractivity contribution in [1.29, 1.82) is 0 Å². The van der Waals surface area contributed by atoms with Crippen molar-refractivity contribution < 1.29 is 9.94 Å². The number of amidine groups is 1. The van der Waals surface area contributed by atoms with Crippen molar-refractivity contribution in [2.24, 2.45) is 10.9 Å². The van der Waals surface area contributed by atoms with E-state index in [-0.39, 0.29) is 5.84 Å². The van der Waals surface area contributed by atoms with Crippen molar-refractivity contribution in [2.75, 3.05) is 25.2 Å². The summed E-state index contributed by atoms with van der Waals surface area (Å²) in [4.78, 5) is 2.12. The van der Waals surface area contributed by atoms with E-state index in [0.717, 1.165) is 23.2 Å². The van der Waals surface area contributed by atoms with Crippen LogP contribution >= 0.6 is 15.9 Å². The van der Waals surface area contributed by atoms with Gasteiger partial charge >= 0.3 is 0 Å². The second kappa shape index (κ2) is 5.58. The number of nitrogens with two attached hydrogens (primary N) is 1. The highest BCUT2D eigenvalue weighted by Crippen LogP contribution is 2.27. The second-order valence-corrected chi connectivity index (χ2v) is 5.19. The van der Waals surface area contributed by atoms with E-state index < -0.39 is 0 Å². The fourth-order valence-corrected chi connectivity index (χ4v) is 2.46. The van der Waals surface area contributed by atoms with Gasteiger partial charge in [0.25, 0.3) is 0 Å². The normalized spacial score (nSPS) is 20.1. The summed E-state index contributed by atoms with van der Waals surface area (Å²) < 4.78 is 6.28. The monoisotopic (exact) mass is 313 g/mol. The summed E-state index contributed by atoms with van der Waals surface area (Å²) in [5.74, 6) is 0.108. The minimum atomic E-state index is 0.108. The Morgan fingerprint density at radius 3 is 3.00 bits per heavy atom. The van der Waals surface area contributed by atoms with E-state index in [2.05, 4.69) is 26.0 Å². The minimum absolute atomic E-state index is 0.108. The minimum Gasteiger partial charge on any atom is -0.409 e. The van der Waals surface area contributed by atoms with Crippen LogP contribution in [0, 0.1) is 0 Å². The molecule has 1 atom stereocenters. The van der Waals surface area contributed by atoms with Gasteiger partial charge in [-0.25, -0.2) is 0 Å². The molecule has 5 nitrogen and oxygen atoms in total. The van der Waals surface area contributed by atoms with Crippen LogP contribution < -0.4 is 10.6 Å². The van der Waals surface area contributed by atoms with Gasteiger partial charge in [0.1, 0.15) is 0 Å². The summed E-state index contributed by atoms with van der Waals surface area (Å²) in [6.45, 7) is 1.49. The average molecular weight is 314 g/mol. The number of benzene rings is 1. The number of halogens is 1. The Bertz CT molecular complexity index is 459. The molecule has 0 amide bonds. The molecular formula is C12H16BrN3O2. The zero-order chi connectivity index (χ0) is 13.1. The molecule has 1 fully saturated rings. The lowest BCUT2D eigenvalue weighted by molar-refractivity contribution is 0.193. The molecule has 1 aromatic carbocycles.